The van der Waals surface area contributed by atoms with Crippen LogP contribution in [0.5, 0.6) is 0 Å². The molecule has 0 atom stereocenters. The highest BCUT2D eigenvalue weighted by Crippen LogP contribution is 2.21. The van der Waals surface area contributed by atoms with E-state index < -0.39 is 23.2 Å². The van der Waals surface area contributed by atoms with Crippen LogP contribution < -0.4 is 0 Å². The van der Waals surface area contributed by atoms with Crippen molar-refractivity contribution in [1.82, 2.24) is 0 Å². The Balaban J connectivity index is 3.22. The largest absolute Gasteiger partial charge is 0.462 e. The van der Waals surface area contributed by atoms with Crippen LogP contribution in [0.25, 0.3) is 10.4 Å². The second-order valence-corrected chi connectivity index (χ2v) is 2.69. The van der Waals surface area contributed by atoms with Crippen LogP contribution in [0.1, 0.15) is 17.3 Å². The van der Waals surface area contributed by atoms with Gasteiger partial charge in [0.2, 0.25) is 0 Å². The van der Waals surface area contributed by atoms with Crippen molar-refractivity contribution in [3.05, 3.63) is 39.8 Å². The number of rotatable bonds is 3. The molecule has 0 N–H and O–H groups in total. The van der Waals surface area contributed by atoms with Crippen molar-refractivity contribution in [2.75, 3.05) is 6.61 Å². The standard InChI is InChI=1S/C9H7F2N3O2/c1-2-16-9(15)8-6(10)3-5(13-14-12)4-7(8)11/h3-4H,2H2,1H3. The first-order valence-electron chi connectivity index (χ1n) is 4.31. The molecule has 0 radical (unpaired) electrons. The Morgan fingerprint density at radius 1 is 1.50 bits per heavy atom. The summed E-state index contributed by atoms with van der Waals surface area (Å²) in [6.07, 6.45) is 0. The Labute approximate surface area is 89.3 Å². The molecule has 5 nitrogen and oxygen atoms in total. The minimum atomic E-state index is -1.12. The van der Waals surface area contributed by atoms with Gasteiger partial charge in [-0.1, -0.05) is 5.11 Å². The van der Waals surface area contributed by atoms with Gasteiger partial charge >= 0.3 is 5.97 Å². The van der Waals surface area contributed by atoms with Crippen LogP contribution in [-0.2, 0) is 4.74 Å². The van der Waals surface area contributed by atoms with Crippen molar-refractivity contribution in [3.63, 3.8) is 0 Å². The molecule has 0 aliphatic rings. The maximum absolute atomic E-state index is 13.3. The molecule has 0 aliphatic heterocycles. The number of azide groups is 1. The van der Waals surface area contributed by atoms with Crippen molar-refractivity contribution in [3.8, 4) is 0 Å². The van der Waals surface area contributed by atoms with E-state index in [2.05, 4.69) is 14.8 Å². The quantitative estimate of drug-likeness (QED) is 0.344. The van der Waals surface area contributed by atoms with Gasteiger partial charge in [0, 0.05) is 10.6 Å². The van der Waals surface area contributed by atoms with E-state index in [0.717, 1.165) is 12.1 Å². The fourth-order valence-electron chi connectivity index (χ4n) is 1.07. The van der Waals surface area contributed by atoms with E-state index in [9.17, 15) is 13.6 Å². The third-order valence-corrected chi connectivity index (χ3v) is 1.67. The number of carbonyl (C=O) groups excluding carboxylic acids is 1. The molecule has 0 saturated heterocycles. The van der Waals surface area contributed by atoms with Crippen LogP contribution in [0.4, 0.5) is 14.5 Å². The van der Waals surface area contributed by atoms with Gasteiger partial charge < -0.3 is 4.74 Å². The minimum Gasteiger partial charge on any atom is -0.462 e. The summed E-state index contributed by atoms with van der Waals surface area (Å²) in [5, 5.41) is 3.02. The Hall–Kier alpha value is -2.14. The van der Waals surface area contributed by atoms with Gasteiger partial charge in [-0.3, -0.25) is 0 Å². The van der Waals surface area contributed by atoms with E-state index in [4.69, 9.17) is 5.53 Å². The molecule has 7 heteroatoms. The smallest absolute Gasteiger partial charge is 0.344 e. The van der Waals surface area contributed by atoms with Crippen LogP contribution in [0, 0.1) is 11.6 Å². The topological polar surface area (TPSA) is 75.1 Å². The maximum Gasteiger partial charge on any atom is 0.344 e. The van der Waals surface area contributed by atoms with Gasteiger partial charge in [0.25, 0.3) is 0 Å². The van der Waals surface area contributed by atoms with E-state index in [1.54, 1.807) is 0 Å². The number of carbonyl (C=O) groups is 1. The number of nitrogens with zero attached hydrogens (tertiary/aromatic N) is 3. The Morgan fingerprint density at radius 2 is 2.06 bits per heavy atom. The van der Waals surface area contributed by atoms with E-state index in [1.165, 1.54) is 6.92 Å². The number of esters is 1. The van der Waals surface area contributed by atoms with E-state index in [0.29, 0.717) is 0 Å². The number of hydrogen-bond donors (Lipinski definition) is 0. The molecule has 0 bridgehead atoms. The zero-order valence-electron chi connectivity index (χ0n) is 8.28. The summed E-state index contributed by atoms with van der Waals surface area (Å²) in [5.41, 5.74) is 7.05. The molecule has 1 aromatic carbocycles. The van der Waals surface area contributed by atoms with Crippen LogP contribution in [0.3, 0.4) is 0 Å². The lowest BCUT2D eigenvalue weighted by Gasteiger charge is -2.04. The van der Waals surface area contributed by atoms with Gasteiger partial charge in [0.1, 0.15) is 17.2 Å². The van der Waals surface area contributed by atoms with Crippen molar-refractivity contribution in [1.29, 1.82) is 0 Å². The second-order valence-electron chi connectivity index (χ2n) is 2.69. The fourth-order valence-corrected chi connectivity index (χ4v) is 1.07. The Kier molecular flexibility index (Phi) is 3.79. The predicted molar refractivity (Wildman–Crippen MR) is 51.1 cm³/mol. The molecule has 0 aromatic heterocycles. The second kappa shape index (κ2) is 5.09. The summed E-state index contributed by atoms with van der Waals surface area (Å²) < 4.78 is 31.0. The highest BCUT2D eigenvalue weighted by atomic mass is 19.1. The zero-order chi connectivity index (χ0) is 12.1. The molecule has 0 aliphatic carbocycles. The summed E-state index contributed by atoms with van der Waals surface area (Å²) in [6.45, 7) is 1.53. The lowest BCUT2D eigenvalue weighted by Crippen LogP contribution is -2.09. The molecule has 0 fully saturated rings. The van der Waals surface area contributed by atoms with Gasteiger partial charge in [0.15, 0.2) is 0 Å². The minimum absolute atomic E-state index is 0.00974. The summed E-state index contributed by atoms with van der Waals surface area (Å²) in [7, 11) is 0. The SMILES string of the molecule is CCOC(=O)c1c(F)cc(N=[N+]=[N-])cc1F. The molecule has 0 spiro atoms. The van der Waals surface area contributed by atoms with Crippen molar-refractivity contribution >= 4 is 11.7 Å². The maximum atomic E-state index is 13.3. The van der Waals surface area contributed by atoms with E-state index in [-0.39, 0.29) is 12.3 Å². The molecular weight excluding hydrogens is 220 g/mol. The molecule has 16 heavy (non-hydrogen) atoms. The monoisotopic (exact) mass is 227 g/mol. The van der Waals surface area contributed by atoms with Crippen LogP contribution in [0.15, 0.2) is 17.2 Å². The first-order valence-corrected chi connectivity index (χ1v) is 4.31. The number of ether oxygens (including phenoxy) is 1. The molecule has 84 valence electrons. The van der Waals surface area contributed by atoms with E-state index >= 15 is 0 Å². The molecule has 0 unspecified atom stereocenters. The third kappa shape index (κ3) is 2.46. The van der Waals surface area contributed by atoms with Gasteiger partial charge in [0.05, 0.1) is 6.61 Å². The molecular formula is C9H7F2N3O2. The Morgan fingerprint density at radius 3 is 2.50 bits per heavy atom. The summed E-state index contributed by atoms with van der Waals surface area (Å²) in [5.74, 6) is -3.34. The number of hydrogen-bond acceptors (Lipinski definition) is 3. The average molecular weight is 227 g/mol. The Bertz CT molecular complexity index is 447. The fraction of sp³-hybridized carbons (Fsp3) is 0.222. The normalized spacial score (nSPS) is 9.44. The number of halogens is 2. The molecule has 0 heterocycles. The van der Waals surface area contributed by atoms with Gasteiger partial charge in [-0.25, -0.2) is 13.6 Å². The molecule has 0 amide bonds. The van der Waals surface area contributed by atoms with Gasteiger partial charge in [-0.05, 0) is 24.6 Å². The van der Waals surface area contributed by atoms with Crippen LogP contribution in [-0.4, -0.2) is 12.6 Å². The number of benzene rings is 1. The summed E-state index contributed by atoms with van der Waals surface area (Å²) in [6, 6.07) is 1.52. The predicted octanol–water partition coefficient (Wildman–Crippen LogP) is 3.08. The van der Waals surface area contributed by atoms with E-state index in [1.807, 2.05) is 0 Å². The van der Waals surface area contributed by atoms with Crippen LogP contribution in [0.2, 0.25) is 0 Å². The lowest BCUT2D eigenvalue weighted by atomic mass is 10.2. The zero-order valence-corrected chi connectivity index (χ0v) is 8.28. The first-order chi connectivity index (χ1) is 7.60. The van der Waals surface area contributed by atoms with Crippen molar-refractivity contribution in [2.45, 2.75) is 6.92 Å². The average Bonchev–Trinajstić information content (AvgIpc) is 2.17. The highest BCUT2D eigenvalue weighted by molar-refractivity contribution is 5.90. The van der Waals surface area contributed by atoms with Gasteiger partial charge in [-0.2, -0.15) is 0 Å². The van der Waals surface area contributed by atoms with Crippen LogP contribution >= 0.6 is 0 Å². The molecule has 0 saturated carbocycles. The summed E-state index contributed by atoms with van der Waals surface area (Å²) >= 11 is 0. The molecule has 1 aromatic rings. The first kappa shape index (κ1) is 11.9. The molecule has 1 rings (SSSR count). The highest BCUT2D eigenvalue weighted by Gasteiger charge is 2.19. The summed E-state index contributed by atoms with van der Waals surface area (Å²) in [4.78, 5) is 13.5. The van der Waals surface area contributed by atoms with Gasteiger partial charge in [-0.15, -0.1) is 0 Å². The lowest BCUT2D eigenvalue weighted by molar-refractivity contribution is 0.0515. The van der Waals surface area contributed by atoms with Crippen molar-refractivity contribution < 1.29 is 18.3 Å². The van der Waals surface area contributed by atoms with Crippen molar-refractivity contribution in [2.24, 2.45) is 5.11 Å². The third-order valence-electron chi connectivity index (χ3n) is 1.67.